The van der Waals surface area contributed by atoms with Crippen LogP contribution >= 0.6 is 0 Å². The van der Waals surface area contributed by atoms with E-state index in [0.29, 0.717) is 40.4 Å². The molecular weight excluding hydrogens is 471 g/mol. The van der Waals surface area contributed by atoms with Gasteiger partial charge in [-0.2, -0.15) is 4.98 Å². The number of nitrogens with zero attached hydrogens (tertiary/aromatic N) is 4. The number of hydrogen-bond donors (Lipinski definition) is 1. The highest BCUT2D eigenvalue weighted by Crippen LogP contribution is 2.40. The number of halogens is 3. The summed E-state index contributed by atoms with van der Waals surface area (Å²) in [6.07, 6.45) is -0.481. The second-order valence-corrected chi connectivity index (χ2v) is 9.60. The number of aryl methyl sites for hydroxylation is 1. The molecule has 36 heavy (non-hydrogen) atoms. The molecule has 1 aromatic carbocycles. The van der Waals surface area contributed by atoms with Crippen LogP contribution in [0.4, 0.5) is 24.7 Å². The second-order valence-electron chi connectivity index (χ2n) is 9.60. The standard InChI is InChI=1S/C26H30F3N5O2/c1-5-26(28,29)20-8-6-7-18(22(20)27)14(2)30-23-19-9-21(34-10-16-12-36-13-17(16)11-34)25(35-4)33-24(19)32-15(3)31-23/h6-9,14,16-17H,5,10-13H2,1-4H3,(H,30,31,32,33)/t14-,16?,17?/m1/s1. The Kier molecular flexibility index (Phi) is 6.40. The Morgan fingerprint density at radius 3 is 2.58 bits per heavy atom. The number of nitrogens with one attached hydrogen (secondary N) is 1. The van der Waals surface area contributed by atoms with Crippen LogP contribution in [0.25, 0.3) is 11.0 Å². The van der Waals surface area contributed by atoms with E-state index in [2.05, 4.69) is 25.2 Å². The number of pyridine rings is 1. The summed E-state index contributed by atoms with van der Waals surface area (Å²) in [6, 6.07) is 5.41. The van der Waals surface area contributed by atoms with Crippen molar-refractivity contribution in [3.05, 3.63) is 47.0 Å². The maximum Gasteiger partial charge on any atom is 0.275 e. The molecule has 7 nitrogen and oxygen atoms in total. The van der Waals surface area contributed by atoms with E-state index < -0.39 is 29.8 Å². The van der Waals surface area contributed by atoms with Gasteiger partial charge in [0, 0.05) is 36.9 Å². The average Bonchev–Trinajstić information content (AvgIpc) is 3.45. The zero-order valence-corrected chi connectivity index (χ0v) is 20.8. The van der Waals surface area contributed by atoms with Gasteiger partial charge in [0.25, 0.3) is 5.92 Å². The van der Waals surface area contributed by atoms with Gasteiger partial charge in [-0.15, -0.1) is 0 Å². The van der Waals surface area contributed by atoms with E-state index in [1.807, 2.05) is 6.07 Å². The van der Waals surface area contributed by atoms with E-state index in [-0.39, 0.29) is 5.56 Å². The first-order valence-electron chi connectivity index (χ1n) is 12.2. The van der Waals surface area contributed by atoms with Crippen LogP contribution in [-0.2, 0) is 10.7 Å². The molecule has 2 saturated heterocycles. The largest absolute Gasteiger partial charge is 0.479 e. The molecule has 10 heteroatoms. The van der Waals surface area contributed by atoms with Crippen molar-refractivity contribution in [1.82, 2.24) is 15.0 Å². The minimum absolute atomic E-state index is 0.138. The van der Waals surface area contributed by atoms with E-state index in [9.17, 15) is 8.78 Å². The van der Waals surface area contributed by atoms with Crippen LogP contribution in [0.2, 0.25) is 0 Å². The SMILES string of the molecule is CCC(F)(F)c1cccc([C@@H](C)Nc2nc(C)nc3nc(OC)c(N4CC5COCC5C4)cc23)c1F. The molecule has 3 aromatic rings. The fourth-order valence-electron chi connectivity index (χ4n) is 5.15. The summed E-state index contributed by atoms with van der Waals surface area (Å²) in [6.45, 7) is 7.96. The Morgan fingerprint density at radius 1 is 1.19 bits per heavy atom. The van der Waals surface area contributed by atoms with E-state index in [1.54, 1.807) is 21.0 Å². The molecule has 0 spiro atoms. The van der Waals surface area contributed by atoms with Crippen molar-refractivity contribution >= 4 is 22.5 Å². The van der Waals surface area contributed by atoms with E-state index in [1.165, 1.54) is 19.1 Å². The number of anilines is 2. The van der Waals surface area contributed by atoms with Crippen LogP contribution in [0, 0.1) is 24.6 Å². The summed E-state index contributed by atoms with van der Waals surface area (Å²) in [4.78, 5) is 15.9. The monoisotopic (exact) mass is 501 g/mol. The quantitative estimate of drug-likeness (QED) is 0.475. The van der Waals surface area contributed by atoms with Crippen LogP contribution in [-0.4, -0.2) is 48.4 Å². The van der Waals surface area contributed by atoms with Crippen molar-refractivity contribution in [2.75, 3.05) is 43.6 Å². The Morgan fingerprint density at radius 2 is 1.92 bits per heavy atom. The lowest BCUT2D eigenvalue weighted by atomic mass is 9.99. The van der Waals surface area contributed by atoms with E-state index >= 15 is 4.39 Å². The number of aromatic nitrogens is 3. The summed E-state index contributed by atoms with van der Waals surface area (Å²) in [5, 5.41) is 3.86. The highest BCUT2D eigenvalue weighted by Gasteiger charge is 2.38. The van der Waals surface area contributed by atoms with Crippen molar-refractivity contribution in [3.8, 4) is 5.88 Å². The molecule has 1 N–H and O–H groups in total. The fraction of sp³-hybridized carbons (Fsp3) is 0.500. The van der Waals surface area contributed by atoms with Gasteiger partial charge in [0.2, 0.25) is 5.88 Å². The lowest BCUT2D eigenvalue weighted by Crippen LogP contribution is -2.23. The molecule has 2 aromatic heterocycles. The van der Waals surface area contributed by atoms with Crippen LogP contribution in [0.5, 0.6) is 5.88 Å². The third-order valence-electron chi connectivity index (χ3n) is 7.21. The third-order valence-corrected chi connectivity index (χ3v) is 7.21. The lowest BCUT2D eigenvalue weighted by Gasteiger charge is -2.23. The summed E-state index contributed by atoms with van der Waals surface area (Å²) in [5.41, 5.74) is 0.807. The number of hydrogen-bond acceptors (Lipinski definition) is 7. The number of fused-ring (bicyclic) bond motifs is 2. The molecule has 4 heterocycles. The molecule has 0 saturated carbocycles. The smallest absolute Gasteiger partial charge is 0.275 e. The van der Waals surface area contributed by atoms with Gasteiger partial charge in [-0.05, 0) is 19.9 Å². The third kappa shape index (κ3) is 4.31. The first-order chi connectivity index (χ1) is 17.2. The zero-order valence-electron chi connectivity index (χ0n) is 20.8. The van der Waals surface area contributed by atoms with Crippen molar-refractivity contribution in [2.45, 2.75) is 39.2 Å². The molecule has 2 aliphatic rings. The Bertz CT molecular complexity index is 1280. The van der Waals surface area contributed by atoms with Crippen molar-refractivity contribution in [3.63, 3.8) is 0 Å². The number of alkyl halides is 2. The Hall–Kier alpha value is -3.14. The lowest BCUT2D eigenvalue weighted by molar-refractivity contribution is -0.0119. The van der Waals surface area contributed by atoms with Gasteiger partial charge in [0.15, 0.2) is 5.65 Å². The topological polar surface area (TPSA) is 72.4 Å². The van der Waals surface area contributed by atoms with Gasteiger partial charge in [0.05, 0.1) is 37.3 Å². The molecule has 3 atom stereocenters. The van der Waals surface area contributed by atoms with Gasteiger partial charge in [0.1, 0.15) is 23.1 Å². The van der Waals surface area contributed by atoms with Crippen LogP contribution in [0.15, 0.2) is 24.3 Å². The number of benzene rings is 1. The summed E-state index contributed by atoms with van der Waals surface area (Å²) >= 11 is 0. The summed E-state index contributed by atoms with van der Waals surface area (Å²) in [5.74, 6) is -1.82. The molecule has 192 valence electrons. The van der Waals surface area contributed by atoms with Crippen molar-refractivity contribution < 1.29 is 22.6 Å². The highest BCUT2D eigenvalue weighted by atomic mass is 19.3. The minimum atomic E-state index is -3.24. The van der Waals surface area contributed by atoms with Gasteiger partial charge >= 0.3 is 0 Å². The molecule has 2 unspecified atom stereocenters. The maximum atomic E-state index is 15.2. The molecule has 0 radical (unpaired) electrons. The number of methoxy groups -OCH3 is 1. The normalized spacial score (nSPS) is 20.6. The predicted molar refractivity (Wildman–Crippen MR) is 131 cm³/mol. The van der Waals surface area contributed by atoms with Gasteiger partial charge in [-0.1, -0.05) is 25.1 Å². The van der Waals surface area contributed by atoms with Gasteiger partial charge in [-0.3, -0.25) is 0 Å². The van der Waals surface area contributed by atoms with Crippen LogP contribution < -0.4 is 15.0 Å². The molecule has 0 aliphatic carbocycles. The highest BCUT2D eigenvalue weighted by molar-refractivity contribution is 5.90. The first-order valence-corrected chi connectivity index (χ1v) is 12.2. The van der Waals surface area contributed by atoms with Gasteiger partial charge < -0.3 is 19.7 Å². The van der Waals surface area contributed by atoms with Crippen molar-refractivity contribution in [2.24, 2.45) is 11.8 Å². The Labute approximate surface area is 208 Å². The number of rotatable bonds is 7. The molecule has 2 fully saturated rings. The average molecular weight is 502 g/mol. The molecule has 0 bridgehead atoms. The summed E-state index contributed by atoms with van der Waals surface area (Å²) in [7, 11) is 1.58. The molecular formula is C26H30F3N5O2. The predicted octanol–water partition coefficient (Wildman–Crippen LogP) is 5.24. The van der Waals surface area contributed by atoms with Gasteiger partial charge in [-0.25, -0.2) is 23.1 Å². The van der Waals surface area contributed by atoms with E-state index in [0.717, 1.165) is 38.1 Å². The maximum absolute atomic E-state index is 15.2. The molecule has 0 amide bonds. The van der Waals surface area contributed by atoms with Crippen molar-refractivity contribution in [1.29, 1.82) is 0 Å². The van der Waals surface area contributed by atoms with Crippen LogP contribution in [0.1, 0.15) is 43.3 Å². The first kappa shape index (κ1) is 24.5. The van der Waals surface area contributed by atoms with Crippen LogP contribution in [0.3, 0.4) is 0 Å². The molecule has 5 rings (SSSR count). The minimum Gasteiger partial charge on any atom is -0.479 e. The number of ether oxygens (including phenoxy) is 2. The van der Waals surface area contributed by atoms with E-state index in [4.69, 9.17) is 9.47 Å². The summed E-state index contributed by atoms with van der Waals surface area (Å²) < 4.78 is 55.0. The second kappa shape index (κ2) is 9.38. The molecule has 2 aliphatic heterocycles. The fourth-order valence-corrected chi connectivity index (χ4v) is 5.15. The zero-order chi connectivity index (χ0) is 25.6. The Balaban J connectivity index is 1.52.